The molecule has 3 aromatic rings. The molecule has 174 valence electrons. The van der Waals surface area contributed by atoms with Gasteiger partial charge >= 0.3 is 6.36 Å². The van der Waals surface area contributed by atoms with Crippen LogP contribution in [0.4, 0.5) is 13.2 Å². The Morgan fingerprint density at radius 3 is 2.58 bits per heavy atom. The van der Waals surface area contributed by atoms with Crippen LogP contribution in [-0.2, 0) is 4.79 Å². The Kier molecular flexibility index (Phi) is 6.50. The van der Waals surface area contributed by atoms with Crippen LogP contribution in [0, 0.1) is 0 Å². The number of hydrogen-bond acceptors (Lipinski definition) is 7. The molecular weight excluding hydrogens is 441 g/mol. The van der Waals surface area contributed by atoms with E-state index in [1.54, 1.807) is 12.1 Å². The van der Waals surface area contributed by atoms with Gasteiger partial charge in [-0.15, -0.1) is 13.2 Å². The Hall–Kier alpha value is -3.60. The molecule has 0 unspecified atom stereocenters. The van der Waals surface area contributed by atoms with Crippen molar-refractivity contribution < 1.29 is 32.0 Å². The lowest BCUT2D eigenvalue weighted by atomic mass is 10.1. The van der Waals surface area contributed by atoms with Crippen molar-refractivity contribution in [3.8, 4) is 22.9 Å². The minimum atomic E-state index is -4.76. The van der Waals surface area contributed by atoms with E-state index >= 15 is 0 Å². The molecule has 1 aliphatic heterocycles. The van der Waals surface area contributed by atoms with Crippen molar-refractivity contribution in [2.75, 3.05) is 20.2 Å². The van der Waals surface area contributed by atoms with Crippen molar-refractivity contribution in [2.45, 2.75) is 24.9 Å². The van der Waals surface area contributed by atoms with Gasteiger partial charge in [0, 0.05) is 18.2 Å². The Morgan fingerprint density at radius 1 is 1.15 bits per heavy atom. The van der Waals surface area contributed by atoms with E-state index in [1.165, 1.54) is 24.3 Å². The van der Waals surface area contributed by atoms with Gasteiger partial charge in [0.1, 0.15) is 11.5 Å². The van der Waals surface area contributed by atoms with Crippen LogP contribution in [0.25, 0.3) is 11.4 Å². The lowest BCUT2D eigenvalue weighted by molar-refractivity contribution is -0.274. The first-order valence-corrected chi connectivity index (χ1v) is 10.1. The fourth-order valence-electron chi connectivity index (χ4n) is 3.62. The highest BCUT2D eigenvalue weighted by atomic mass is 19.4. The summed E-state index contributed by atoms with van der Waals surface area (Å²) < 4.78 is 51.7. The van der Waals surface area contributed by atoms with E-state index in [4.69, 9.17) is 9.26 Å². The van der Waals surface area contributed by atoms with Crippen molar-refractivity contribution in [1.82, 2.24) is 20.4 Å². The largest absolute Gasteiger partial charge is 0.573 e. The topological polar surface area (TPSA) is 89.7 Å². The normalized spacial score (nSPS) is 18.8. The lowest BCUT2D eigenvalue weighted by Gasteiger charge is -2.14. The third-order valence-electron chi connectivity index (χ3n) is 5.10. The van der Waals surface area contributed by atoms with Gasteiger partial charge in [-0.1, -0.05) is 23.4 Å². The average molecular weight is 462 g/mol. The summed E-state index contributed by atoms with van der Waals surface area (Å²) in [6, 6.07) is 13.9. The molecule has 1 N–H and O–H groups in total. The summed E-state index contributed by atoms with van der Waals surface area (Å²) in [6.07, 6.45) is -4.19. The van der Waals surface area contributed by atoms with Gasteiger partial charge in [0.05, 0.1) is 6.04 Å². The number of carbonyl (C=O) groups is 1. The van der Waals surface area contributed by atoms with Crippen molar-refractivity contribution in [2.24, 2.45) is 0 Å². The van der Waals surface area contributed by atoms with Crippen LogP contribution in [0.3, 0.4) is 0 Å². The molecule has 2 heterocycles. The maximum absolute atomic E-state index is 12.3. The van der Waals surface area contributed by atoms with Crippen molar-refractivity contribution >= 4 is 5.91 Å². The second-order valence-corrected chi connectivity index (χ2v) is 7.59. The van der Waals surface area contributed by atoms with Crippen molar-refractivity contribution in [3.63, 3.8) is 0 Å². The number of likely N-dealkylation sites (tertiary alicyclic amines) is 1. The zero-order valence-corrected chi connectivity index (χ0v) is 17.6. The summed E-state index contributed by atoms with van der Waals surface area (Å²) in [7, 11) is 1.88. The van der Waals surface area contributed by atoms with Gasteiger partial charge in [0.15, 0.2) is 6.61 Å². The van der Waals surface area contributed by atoms with Gasteiger partial charge < -0.3 is 19.3 Å². The summed E-state index contributed by atoms with van der Waals surface area (Å²) in [5.41, 5.74) is 0.489. The number of halogens is 3. The molecule has 1 amide bonds. The number of hydrogen-bond donors (Lipinski definition) is 1. The molecule has 0 radical (unpaired) electrons. The lowest BCUT2D eigenvalue weighted by Crippen LogP contribution is -2.39. The van der Waals surface area contributed by atoms with Crippen LogP contribution in [-0.4, -0.2) is 53.6 Å². The molecule has 33 heavy (non-hydrogen) atoms. The molecular formula is C22H21F3N4O4. The molecule has 11 heteroatoms. The molecule has 0 saturated carbocycles. The molecule has 0 aliphatic carbocycles. The molecule has 8 nitrogen and oxygen atoms in total. The van der Waals surface area contributed by atoms with E-state index in [1.807, 2.05) is 30.1 Å². The van der Waals surface area contributed by atoms with Crippen LogP contribution in [0.5, 0.6) is 11.5 Å². The number of para-hydroxylation sites is 1. The number of nitrogens with zero attached hydrogens (tertiary/aromatic N) is 3. The van der Waals surface area contributed by atoms with Crippen LogP contribution < -0.4 is 14.8 Å². The quantitative estimate of drug-likeness (QED) is 0.574. The second kappa shape index (κ2) is 9.49. The first kappa shape index (κ1) is 22.6. The number of rotatable bonds is 7. The highest BCUT2D eigenvalue weighted by Gasteiger charge is 2.35. The number of carbonyl (C=O) groups excluding carboxylic acids is 1. The van der Waals surface area contributed by atoms with Crippen molar-refractivity contribution in [1.29, 1.82) is 0 Å². The number of amides is 1. The zero-order valence-electron chi connectivity index (χ0n) is 17.6. The first-order valence-electron chi connectivity index (χ1n) is 10.1. The number of benzene rings is 2. The van der Waals surface area contributed by atoms with Gasteiger partial charge in [-0.3, -0.25) is 9.69 Å². The molecule has 1 aliphatic rings. The van der Waals surface area contributed by atoms with E-state index in [9.17, 15) is 18.0 Å². The fourth-order valence-corrected chi connectivity index (χ4v) is 3.62. The number of aromatic nitrogens is 2. The predicted octanol–water partition coefficient (Wildman–Crippen LogP) is 3.58. The molecule has 0 spiro atoms. The average Bonchev–Trinajstić information content (AvgIpc) is 3.39. The minimum Gasteiger partial charge on any atom is -0.484 e. The minimum absolute atomic E-state index is 0.0896. The van der Waals surface area contributed by atoms with Gasteiger partial charge in [-0.05, 0) is 49.9 Å². The smallest absolute Gasteiger partial charge is 0.484 e. The number of likely N-dealkylation sites (N-methyl/N-ethyl adjacent to an activating group) is 1. The van der Waals surface area contributed by atoms with E-state index < -0.39 is 6.36 Å². The molecule has 1 fully saturated rings. The second-order valence-electron chi connectivity index (χ2n) is 7.59. The SMILES string of the molecule is CN1C[C@@H](NC(=O)COc2ccccc2)C[C@H]1c1nc(-c2ccc(OC(F)(F)F)cc2)no1. The summed E-state index contributed by atoms with van der Waals surface area (Å²) in [4.78, 5) is 18.6. The molecule has 0 bridgehead atoms. The number of ether oxygens (including phenoxy) is 2. The van der Waals surface area contributed by atoms with E-state index in [-0.39, 0.29) is 36.2 Å². The third-order valence-corrected chi connectivity index (χ3v) is 5.10. The highest BCUT2D eigenvalue weighted by Crippen LogP contribution is 2.31. The monoisotopic (exact) mass is 462 g/mol. The summed E-state index contributed by atoms with van der Waals surface area (Å²) in [5.74, 6) is 0.664. The zero-order chi connectivity index (χ0) is 23.4. The summed E-state index contributed by atoms with van der Waals surface area (Å²) >= 11 is 0. The van der Waals surface area contributed by atoms with Crippen LogP contribution in [0.2, 0.25) is 0 Å². The summed E-state index contributed by atoms with van der Waals surface area (Å²) in [6.45, 7) is 0.497. The molecule has 2 aromatic carbocycles. The van der Waals surface area contributed by atoms with Gasteiger partial charge in [0.25, 0.3) is 5.91 Å². The molecule has 2 atom stereocenters. The number of nitrogens with one attached hydrogen (secondary N) is 1. The van der Waals surface area contributed by atoms with Gasteiger partial charge in [-0.2, -0.15) is 4.98 Å². The van der Waals surface area contributed by atoms with Crippen molar-refractivity contribution in [3.05, 3.63) is 60.5 Å². The number of alkyl halides is 3. The van der Waals surface area contributed by atoms with E-state index in [2.05, 4.69) is 20.2 Å². The maximum atomic E-state index is 12.3. The third kappa shape index (κ3) is 6.01. The van der Waals surface area contributed by atoms with Crippen LogP contribution in [0.15, 0.2) is 59.1 Å². The highest BCUT2D eigenvalue weighted by molar-refractivity contribution is 5.77. The Balaban J connectivity index is 1.33. The molecule has 1 saturated heterocycles. The fraction of sp³-hybridized carbons (Fsp3) is 0.318. The first-order chi connectivity index (χ1) is 15.8. The molecule has 4 rings (SSSR count). The standard InChI is InChI=1S/C22H21F3N4O4/c1-29-12-15(26-19(30)13-31-16-5-3-2-4-6-16)11-18(29)21-27-20(28-33-21)14-7-9-17(10-8-14)32-22(23,24)25/h2-10,15,18H,11-13H2,1H3,(H,26,30)/t15-,18-/m0/s1. The van der Waals surface area contributed by atoms with Gasteiger partial charge in [0.2, 0.25) is 11.7 Å². The van der Waals surface area contributed by atoms with E-state index in [0.717, 1.165) is 0 Å². The predicted molar refractivity (Wildman–Crippen MR) is 110 cm³/mol. The van der Waals surface area contributed by atoms with Crippen LogP contribution in [0.1, 0.15) is 18.4 Å². The molecule has 1 aromatic heterocycles. The van der Waals surface area contributed by atoms with Gasteiger partial charge in [-0.25, -0.2) is 0 Å². The Morgan fingerprint density at radius 2 is 1.88 bits per heavy atom. The summed E-state index contributed by atoms with van der Waals surface area (Å²) in [5, 5.41) is 6.88. The Labute approximate surface area is 187 Å². The Bertz CT molecular complexity index is 1070. The maximum Gasteiger partial charge on any atom is 0.573 e. The van der Waals surface area contributed by atoms with E-state index in [0.29, 0.717) is 30.2 Å². The van der Waals surface area contributed by atoms with Crippen LogP contribution >= 0.6 is 0 Å².